The van der Waals surface area contributed by atoms with Crippen LogP contribution in [0.15, 0.2) is 54.7 Å². The van der Waals surface area contributed by atoms with Gasteiger partial charge < -0.3 is 15.0 Å². The number of aromatic nitrogens is 3. The normalized spacial score (nSPS) is 16.2. The van der Waals surface area contributed by atoms with Gasteiger partial charge in [-0.3, -0.25) is 0 Å². The topological polar surface area (TPSA) is 65.0 Å². The predicted octanol–water partition coefficient (Wildman–Crippen LogP) is 6.32. The number of aliphatic hydroxyl groups is 1. The second kappa shape index (κ2) is 9.55. The second-order valence-corrected chi connectivity index (χ2v) is 8.90. The number of benzene rings is 2. The van der Waals surface area contributed by atoms with Crippen molar-refractivity contribution in [1.29, 1.82) is 0 Å². The lowest BCUT2D eigenvalue weighted by molar-refractivity contribution is -0.141. The molecular formula is C26H21ClF4N4O. The Bertz CT molecular complexity index is 1430. The molecule has 0 bridgehead atoms. The highest BCUT2D eigenvalue weighted by Gasteiger charge is 2.37. The second-order valence-electron chi connectivity index (χ2n) is 8.50. The van der Waals surface area contributed by atoms with Crippen molar-refractivity contribution in [3.05, 3.63) is 93.7 Å². The molecule has 2 aromatic carbocycles. The summed E-state index contributed by atoms with van der Waals surface area (Å²) in [5, 5.41) is 9.75. The number of halogens is 5. The van der Waals surface area contributed by atoms with Crippen molar-refractivity contribution in [2.45, 2.75) is 25.1 Å². The fourth-order valence-corrected chi connectivity index (χ4v) is 4.74. The molecule has 3 heterocycles. The first-order valence-electron chi connectivity index (χ1n) is 11.3. The molecule has 1 atom stereocenters. The summed E-state index contributed by atoms with van der Waals surface area (Å²) in [7, 11) is 0. The minimum absolute atomic E-state index is 0.00325. The molecule has 0 saturated heterocycles. The summed E-state index contributed by atoms with van der Waals surface area (Å²) < 4.78 is 54.4. The number of anilines is 1. The summed E-state index contributed by atoms with van der Waals surface area (Å²) in [4.78, 5) is 13.0. The van der Waals surface area contributed by atoms with E-state index in [0.717, 1.165) is 40.0 Å². The molecule has 36 heavy (non-hydrogen) atoms. The SMILES string of the molecule is OCC/C=C/c1ccc(C2c3[nH]c4cc(F)c(Cl)cc4c3CCN2c2nccc(C(F)(F)F)n2)cc1. The molecule has 1 aliphatic rings. The Hall–Kier alpha value is -3.43. The zero-order valence-electron chi connectivity index (χ0n) is 18.9. The molecule has 2 N–H and O–H groups in total. The van der Waals surface area contributed by atoms with Gasteiger partial charge in [-0.2, -0.15) is 13.2 Å². The van der Waals surface area contributed by atoms with Gasteiger partial charge in [-0.15, -0.1) is 0 Å². The number of hydrogen-bond donors (Lipinski definition) is 2. The molecule has 0 spiro atoms. The molecule has 1 aliphatic heterocycles. The third-order valence-corrected chi connectivity index (χ3v) is 6.51. The first-order valence-corrected chi connectivity index (χ1v) is 11.7. The Morgan fingerprint density at radius 1 is 1.17 bits per heavy atom. The van der Waals surface area contributed by atoms with Crippen LogP contribution >= 0.6 is 11.6 Å². The minimum atomic E-state index is -4.61. The van der Waals surface area contributed by atoms with Gasteiger partial charge >= 0.3 is 6.18 Å². The standard InChI is InChI=1S/C26H21ClF4N4O/c27-19-13-18-17-9-11-35(25-32-10-8-22(34-25)26(29,30)31)24(23(17)33-21(18)14-20(19)28)16-6-4-15(5-7-16)3-1-2-12-36/h1,3-8,10,13-14,24,33,36H,2,9,11-12H2/b3-1+. The fourth-order valence-electron chi connectivity index (χ4n) is 4.58. The van der Waals surface area contributed by atoms with Gasteiger partial charge in [0.05, 0.1) is 11.1 Å². The van der Waals surface area contributed by atoms with E-state index >= 15 is 0 Å². The molecule has 0 saturated carbocycles. The lowest BCUT2D eigenvalue weighted by Crippen LogP contribution is -2.37. The van der Waals surface area contributed by atoms with Gasteiger partial charge in [0.15, 0.2) is 0 Å². The maximum Gasteiger partial charge on any atom is 0.433 e. The van der Waals surface area contributed by atoms with E-state index < -0.39 is 23.7 Å². The van der Waals surface area contributed by atoms with E-state index in [2.05, 4.69) is 15.0 Å². The van der Waals surface area contributed by atoms with Crippen LogP contribution in [-0.2, 0) is 12.6 Å². The van der Waals surface area contributed by atoms with Crippen molar-refractivity contribution in [1.82, 2.24) is 15.0 Å². The molecule has 1 unspecified atom stereocenters. The highest BCUT2D eigenvalue weighted by molar-refractivity contribution is 6.31. The van der Waals surface area contributed by atoms with Crippen molar-refractivity contribution >= 4 is 34.5 Å². The van der Waals surface area contributed by atoms with Crippen LogP contribution in [0, 0.1) is 5.82 Å². The number of hydrogen-bond acceptors (Lipinski definition) is 4. The molecule has 5 rings (SSSR count). The number of nitrogens with one attached hydrogen (secondary N) is 1. The molecule has 186 valence electrons. The van der Waals surface area contributed by atoms with Crippen LogP contribution in [0.4, 0.5) is 23.5 Å². The van der Waals surface area contributed by atoms with E-state index in [1.807, 2.05) is 36.4 Å². The maximum atomic E-state index is 14.2. The van der Waals surface area contributed by atoms with Gasteiger partial charge in [0.2, 0.25) is 5.95 Å². The van der Waals surface area contributed by atoms with Gasteiger partial charge in [-0.1, -0.05) is 48.0 Å². The maximum absolute atomic E-state index is 14.2. The molecule has 0 amide bonds. The monoisotopic (exact) mass is 516 g/mol. The number of H-pyrrole nitrogens is 1. The summed E-state index contributed by atoms with van der Waals surface area (Å²) in [6.45, 7) is 0.398. The van der Waals surface area contributed by atoms with Gasteiger partial charge in [0.1, 0.15) is 11.5 Å². The van der Waals surface area contributed by atoms with Crippen molar-refractivity contribution in [3.63, 3.8) is 0 Å². The molecule has 2 aromatic heterocycles. The van der Waals surface area contributed by atoms with Crippen LogP contribution in [0.5, 0.6) is 0 Å². The van der Waals surface area contributed by atoms with Crippen LogP contribution in [-0.4, -0.2) is 33.2 Å². The molecule has 0 radical (unpaired) electrons. The predicted molar refractivity (Wildman–Crippen MR) is 130 cm³/mol. The van der Waals surface area contributed by atoms with Crippen LogP contribution in [0.1, 0.15) is 40.5 Å². The average Bonchev–Trinajstić information content (AvgIpc) is 3.21. The van der Waals surface area contributed by atoms with E-state index in [0.29, 0.717) is 24.9 Å². The van der Waals surface area contributed by atoms with Crippen molar-refractivity contribution in [3.8, 4) is 0 Å². The molecular weight excluding hydrogens is 496 g/mol. The Morgan fingerprint density at radius 3 is 2.67 bits per heavy atom. The number of aromatic amines is 1. The fraction of sp³-hybridized carbons (Fsp3) is 0.231. The Balaban J connectivity index is 1.64. The molecule has 4 aromatic rings. The number of rotatable bonds is 5. The highest BCUT2D eigenvalue weighted by atomic mass is 35.5. The summed E-state index contributed by atoms with van der Waals surface area (Å²) in [6.07, 6.45) is 1.25. The average molecular weight is 517 g/mol. The Labute approximate surface area is 209 Å². The third-order valence-electron chi connectivity index (χ3n) is 6.22. The summed E-state index contributed by atoms with van der Waals surface area (Å²) >= 11 is 6.05. The lowest BCUT2D eigenvalue weighted by atomic mass is 9.92. The van der Waals surface area contributed by atoms with E-state index in [-0.39, 0.29) is 17.6 Å². The summed E-state index contributed by atoms with van der Waals surface area (Å²) in [5.41, 5.74) is 2.90. The van der Waals surface area contributed by atoms with Gasteiger partial charge in [-0.05, 0) is 47.7 Å². The highest BCUT2D eigenvalue weighted by Crippen LogP contribution is 2.41. The number of alkyl halides is 3. The molecule has 10 heteroatoms. The number of fused-ring (bicyclic) bond motifs is 3. The third kappa shape index (κ3) is 4.56. The Morgan fingerprint density at radius 2 is 1.94 bits per heavy atom. The van der Waals surface area contributed by atoms with Crippen LogP contribution in [0.3, 0.4) is 0 Å². The zero-order valence-corrected chi connectivity index (χ0v) is 19.6. The van der Waals surface area contributed by atoms with Crippen molar-refractivity contribution in [2.75, 3.05) is 18.1 Å². The smallest absolute Gasteiger partial charge is 0.396 e. The minimum Gasteiger partial charge on any atom is -0.396 e. The number of nitrogens with zero attached hydrogens (tertiary/aromatic N) is 3. The number of aliphatic hydroxyl groups excluding tert-OH is 1. The van der Waals surface area contributed by atoms with Gasteiger partial charge in [0, 0.05) is 35.9 Å². The van der Waals surface area contributed by atoms with E-state index in [1.54, 1.807) is 11.0 Å². The largest absolute Gasteiger partial charge is 0.433 e. The van der Waals surface area contributed by atoms with E-state index in [4.69, 9.17) is 16.7 Å². The van der Waals surface area contributed by atoms with Crippen LogP contribution in [0.25, 0.3) is 17.0 Å². The van der Waals surface area contributed by atoms with E-state index in [9.17, 15) is 17.6 Å². The van der Waals surface area contributed by atoms with E-state index in [1.165, 1.54) is 6.07 Å². The molecule has 0 fully saturated rings. The Kier molecular flexibility index (Phi) is 6.44. The van der Waals surface area contributed by atoms with Crippen molar-refractivity contribution in [2.24, 2.45) is 0 Å². The van der Waals surface area contributed by atoms with Gasteiger partial charge in [-0.25, -0.2) is 14.4 Å². The zero-order chi connectivity index (χ0) is 25.4. The molecule has 0 aliphatic carbocycles. The lowest BCUT2D eigenvalue weighted by Gasteiger charge is -2.36. The summed E-state index contributed by atoms with van der Waals surface area (Å²) in [5.74, 6) is -0.605. The summed E-state index contributed by atoms with van der Waals surface area (Å²) in [6, 6.07) is 10.8. The van der Waals surface area contributed by atoms with Crippen LogP contribution in [0.2, 0.25) is 5.02 Å². The quantitative estimate of drug-likeness (QED) is 0.305. The van der Waals surface area contributed by atoms with Crippen LogP contribution < -0.4 is 4.90 Å². The first kappa shape index (κ1) is 24.3. The molecule has 5 nitrogen and oxygen atoms in total. The first-order chi connectivity index (χ1) is 17.3. The van der Waals surface area contributed by atoms with Crippen molar-refractivity contribution < 1.29 is 22.7 Å². The van der Waals surface area contributed by atoms with Gasteiger partial charge in [0.25, 0.3) is 0 Å².